The van der Waals surface area contributed by atoms with Gasteiger partial charge >= 0.3 is 0 Å². The fraction of sp³-hybridized carbons (Fsp3) is 0.650. The summed E-state index contributed by atoms with van der Waals surface area (Å²) in [6.07, 6.45) is 5.43. The van der Waals surface area contributed by atoms with E-state index in [1.165, 1.54) is 0 Å². The second-order valence-electron chi connectivity index (χ2n) is 7.58. The minimum absolute atomic E-state index is 0.0293. The Bertz CT molecular complexity index is 802. The maximum atomic E-state index is 13.0. The third-order valence-corrected chi connectivity index (χ3v) is 5.34. The maximum absolute atomic E-state index is 13.0. The molecule has 0 spiro atoms. The zero-order chi connectivity index (χ0) is 18.7. The Labute approximate surface area is 155 Å². The zero-order valence-corrected chi connectivity index (χ0v) is 16.5. The van der Waals surface area contributed by atoms with Crippen molar-refractivity contribution >= 4 is 10.9 Å². The van der Waals surface area contributed by atoms with Gasteiger partial charge in [0.2, 0.25) is 0 Å². The first-order valence-electron chi connectivity index (χ1n) is 9.82. The van der Waals surface area contributed by atoms with Crippen LogP contribution in [0.15, 0.2) is 23.3 Å². The molecule has 3 heterocycles. The van der Waals surface area contributed by atoms with Crippen molar-refractivity contribution in [3.8, 4) is 0 Å². The number of nitrogens with zero attached hydrogens (tertiary/aromatic N) is 5. The molecule has 0 radical (unpaired) electrons. The van der Waals surface area contributed by atoms with Crippen molar-refractivity contribution in [1.29, 1.82) is 0 Å². The van der Waals surface area contributed by atoms with Gasteiger partial charge < -0.3 is 4.90 Å². The highest BCUT2D eigenvalue weighted by Gasteiger charge is 2.28. The van der Waals surface area contributed by atoms with Crippen LogP contribution in [0.5, 0.6) is 0 Å². The smallest absolute Gasteiger partial charge is 0.262 e. The first-order chi connectivity index (χ1) is 12.5. The van der Waals surface area contributed by atoms with E-state index in [0.29, 0.717) is 17.8 Å². The SMILES string of the molecule is CCCC(c1nc2ccncc2c(=O)n1CC)N1CCN(C)C[C@H](C)C1. The van der Waals surface area contributed by atoms with E-state index in [1.54, 1.807) is 12.4 Å². The molecule has 26 heavy (non-hydrogen) atoms. The van der Waals surface area contributed by atoms with Crippen molar-refractivity contribution in [3.63, 3.8) is 0 Å². The molecule has 3 rings (SSSR count). The lowest BCUT2D eigenvalue weighted by Crippen LogP contribution is -2.38. The van der Waals surface area contributed by atoms with E-state index in [4.69, 9.17) is 4.98 Å². The topological polar surface area (TPSA) is 54.3 Å². The van der Waals surface area contributed by atoms with Crippen LogP contribution in [-0.4, -0.2) is 57.6 Å². The van der Waals surface area contributed by atoms with Crippen molar-refractivity contribution in [2.24, 2.45) is 5.92 Å². The lowest BCUT2D eigenvalue weighted by Gasteiger charge is -2.32. The van der Waals surface area contributed by atoms with E-state index in [9.17, 15) is 4.79 Å². The number of hydrogen-bond acceptors (Lipinski definition) is 5. The van der Waals surface area contributed by atoms with Crippen LogP contribution in [0, 0.1) is 5.92 Å². The van der Waals surface area contributed by atoms with E-state index >= 15 is 0 Å². The van der Waals surface area contributed by atoms with Gasteiger partial charge in [-0.2, -0.15) is 0 Å². The predicted octanol–water partition coefficient (Wildman–Crippen LogP) is 2.54. The molecule has 0 amide bonds. The standard InChI is InChI=1S/C20H31N5O/c1-5-7-18(24-11-10-23(4)13-15(3)14-24)19-22-17-8-9-21-12-16(17)20(26)25(19)6-2/h8-9,12,15,18H,5-7,10-11,13-14H2,1-4H3/t15-,18?/m0/s1. The normalized spacial score (nSPS) is 21.0. The van der Waals surface area contributed by atoms with Gasteiger partial charge in [0.25, 0.3) is 5.56 Å². The minimum atomic E-state index is 0.0293. The number of fused-ring (bicyclic) bond motifs is 1. The van der Waals surface area contributed by atoms with Crippen LogP contribution in [-0.2, 0) is 6.54 Å². The van der Waals surface area contributed by atoms with Gasteiger partial charge in [0, 0.05) is 45.1 Å². The summed E-state index contributed by atoms with van der Waals surface area (Å²) in [6.45, 7) is 11.4. The highest BCUT2D eigenvalue weighted by molar-refractivity contribution is 5.76. The highest BCUT2D eigenvalue weighted by atomic mass is 16.1. The van der Waals surface area contributed by atoms with Crippen LogP contribution in [0.1, 0.15) is 45.5 Å². The van der Waals surface area contributed by atoms with Gasteiger partial charge in [0.15, 0.2) is 0 Å². The summed E-state index contributed by atoms with van der Waals surface area (Å²) in [5.74, 6) is 1.52. The van der Waals surface area contributed by atoms with E-state index < -0.39 is 0 Å². The summed E-state index contributed by atoms with van der Waals surface area (Å²) in [7, 11) is 2.19. The summed E-state index contributed by atoms with van der Waals surface area (Å²) >= 11 is 0. The van der Waals surface area contributed by atoms with E-state index in [0.717, 1.165) is 50.4 Å². The summed E-state index contributed by atoms with van der Waals surface area (Å²) in [4.78, 5) is 27.0. The fourth-order valence-corrected chi connectivity index (χ4v) is 4.15. The lowest BCUT2D eigenvalue weighted by atomic mass is 10.1. The lowest BCUT2D eigenvalue weighted by molar-refractivity contribution is 0.167. The number of likely N-dealkylation sites (N-methyl/N-ethyl adjacent to an activating group) is 1. The molecule has 1 fully saturated rings. The van der Waals surface area contributed by atoms with Crippen molar-refractivity contribution < 1.29 is 0 Å². The van der Waals surface area contributed by atoms with Crippen LogP contribution in [0.25, 0.3) is 10.9 Å². The monoisotopic (exact) mass is 357 g/mol. The number of pyridine rings is 1. The third kappa shape index (κ3) is 3.81. The second kappa shape index (κ2) is 8.27. The Balaban J connectivity index is 2.08. The van der Waals surface area contributed by atoms with Gasteiger partial charge in [-0.05, 0) is 32.4 Å². The number of rotatable bonds is 5. The molecule has 2 aromatic rings. The van der Waals surface area contributed by atoms with Gasteiger partial charge in [0.1, 0.15) is 5.82 Å². The molecule has 6 nitrogen and oxygen atoms in total. The van der Waals surface area contributed by atoms with Gasteiger partial charge in [0.05, 0.1) is 16.9 Å². The van der Waals surface area contributed by atoms with Gasteiger partial charge in [-0.1, -0.05) is 20.3 Å². The van der Waals surface area contributed by atoms with Crippen molar-refractivity contribution in [2.75, 3.05) is 33.2 Å². The average molecular weight is 358 g/mol. The van der Waals surface area contributed by atoms with Crippen molar-refractivity contribution in [1.82, 2.24) is 24.3 Å². The molecule has 0 aromatic carbocycles. The average Bonchev–Trinajstić information content (AvgIpc) is 2.79. The maximum Gasteiger partial charge on any atom is 0.262 e. The molecule has 2 atom stereocenters. The zero-order valence-electron chi connectivity index (χ0n) is 16.5. The van der Waals surface area contributed by atoms with Crippen molar-refractivity contribution in [2.45, 2.75) is 46.2 Å². The fourth-order valence-electron chi connectivity index (χ4n) is 4.15. The van der Waals surface area contributed by atoms with Gasteiger partial charge in [-0.25, -0.2) is 4.98 Å². The molecular weight excluding hydrogens is 326 g/mol. The molecule has 0 saturated carbocycles. The van der Waals surface area contributed by atoms with Crippen LogP contribution in [0.3, 0.4) is 0 Å². The molecule has 0 aliphatic carbocycles. The second-order valence-corrected chi connectivity index (χ2v) is 7.58. The number of hydrogen-bond donors (Lipinski definition) is 0. The number of aromatic nitrogens is 3. The van der Waals surface area contributed by atoms with E-state index in [2.05, 4.69) is 35.7 Å². The highest BCUT2D eigenvalue weighted by Crippen LogP contribution is 2.27. The minimum Gasteiger partial charge on any atom is -0.305 e. The van der Waals surface area contributed by atoms with Crippen LogP contribution < -0.4 is 5.56 Å². The quantitative estimate of drug-likeness (QED) is 0.823. The van der Waals surface area contributed by atoms with Crippen molar-refractivity contribution in [3.05, 3.63) is 34.6 Å². The third-order valence-electron chi connectivity index (χ3n) is 5.34. The van der Waals surface area contributed by atoms with Crippen LogP contribution in [0.4, 0.5) is 0 Å². The molecule has 0 bridgehead atoms. The van der Waals surface area contributed by atoms with Gasteiger partial charge in [-0.3, -0.25) is 19.2 Å². The predicted molar refractivity (Wildman–Crippen MR) is 105 cm³/mol. The summed E-state index contributed by atoms with van der Waals surface area (Å²) in [6, 6.07) is 2.03. The van der Waals surface area contributed by atoms with E-state index in [-0.39, 0.29) is 11.6 Å². The van der Waals surface area contributed by atoms with Gasteiger partial charge in [-0.15, -0.1) is 0 Å². The van der Waals surface area contributed by atoms with E-state index in [1.807, 2.05) is 17.6 Å². The first-order valence-corrected chi connectivity index (χ1v) is 9.82. The molecule has 6 heteroatoms. The Morgan fingerprint density at radius 3 is 2.81 bits per heavy atom. The molecule has 1 aliphatic rings. The molecule has 2 aromatic heterocycles. The molecule has 142 valence electrons. The summed E-state index contributed by atoms with van der Waals surface area (Å²) in [5.41, 5.74) is 0.785. The Morgan fingerprint density at radius 1 is 1.27 bits per heavy atom. The molecule has 1 unspecified atom stereocenters. The molecule has 1 aliphatic heterocycles. The Hall–Kier alpha value is -1.79. The summed E-state index contributed by atoms with van der Waals surface area (Å²) < 4.78 is 1.85. The molecule has 0 N–H and O–H groups in total. The Morgan fingerprint density at radius 2 is 2.08 bits per heavy atom. The molecule has 1 saturated heterocycles. The van der Waals surface area contributed by atoms with Crippen LogP contribution >= 0.6 is 0 Å². The Kier molecular flexibility index (Phi) is 6.04. The summed E-state index contributed by atoms with van der Waals surface area (Å²) in [5, 5.41) is 0.609. The molecular formula is C20H31N5O. The van der Waals surface area contributed by atoms with Crippen LogP contribution in [0.2, 0.25) is 0 Å². The first kappa shape index (κ1) is 19.0. The largest absolute Gasteiger partial charge is 0.305 e.